The summed E-state index contributed by atoms with van der Waals surface area (Å²) in [5.74, 6) is -2.16. The highest BCUT2D eigenvalue weighted by Gasteiger charge is 2.37. The maximum Gasteiger partial charge on any atom is 0.419 e. The van der Waals surface area contributed by atoms with Crippen LogP contribution in [-0.4, -0.2) is 37.9 Å². The lowest BCUT2D eigenvalue weighted by molar-refractivity contribution is -0.138. The molecule has 0 radical (unpaired) electrons. The summed E-state index contributed by atoms with van der Waals surface area (Å²) in [7, 11) is -2.04. The number of benzene rings is 2. The first kappa shape index (κ1) is 26.3. The fourth-order valence-corrected chi connectivity index (χ4v) is 3.64. The molecular formula is C22H26F3NO6S. The molecule has 0 aliphatic rings. The zero-order valence-electron chi connectivity index (χ0n) is 18.9. The molecule has 0 amide bonds. The Hall–Kier alpha value is -2.95. The van der Waals surface area contributed by atoms with E-state index in [0.717, 1.165) is 10.4 Å². The van der Waals surface area contributed by atoms with E-state index in [-0.39, 0.29) is 23.7 Å². The first-order valence-electron chi connectivity index (χ1n) is 9.91. The SMILES string of the molecule is CCS(=O)(=O)N(C)c1ccc(OCc2ccc(C(F)(F)F)c(O)c2C(=O)OC(C)(C)C)cc1. The Bertz CT molecular complexity index is 1110. The molecule has 0 aromatic heterocycles. The second kappa shape index (κ2) is 9.50. The average Bonchev–Trinajstić information content (AvgIpc) is 2.69. The number of carbonyl (C=O) groups is 1. The molecule has 0 saturated heterocycles. The van der Waals surface area contributed by atoms with E-state index >= 15 is 0 Å². The molecule has 0 saturated carbocycles. The van der Waals surface area contributed by atoms with Gasteiger partial charge in [-0.1, -0.05) is 6.07 Å². The van der Waals surface area contributed by atoms with Crippen LogP contribution >= 0.6 is 0 Å². The fraction of sp³-hybridized carbons (Fsp3) is 0.409. The van der Waals surface area contributed by atoms with Crippen LogP contribution in [0.4, 0.5) is 18.9 Å². The lowest BCUT2D eigenvalue weighted by Gasteiger charge is -2.22. The topological polar surface area (TPSA) is 93.1 Å². The molecule has 2 aromatic rings. The Morgan fingerprint density at radius 3 is 2.12 bits per heavy atom. The van der Waals surface area contributed by atoms with E-state index in [4.69, 9.17) is 9.47 Å². The standard InChI is InChI=1S/C22H26F3NO6S/c1-6-33(29,30)26(5)15-8-10-16(11-9-15)31-13-14-7-12-17(22(23,24)25)19(27)18(14)20(28)32-21(2,3)4/h7-12,27H,6,13H2,1-5H3. The van der Waals surface area contributed by atoms with Crippen molar-refractivity contribution in [3.05, 3.63) is 53.1 Å². The fourth-order valence-electron chi connectivity index (χ4n) is 2.81. The molecule has 182 valence electrons. The van der Waals surface area contributed by atoms with E-state index in [0.29, 0.717) is 11.8 Å². The number of alkyl halides is 3. The molecule has 0 spiro atoms. The predicted molar refractivity (Wildman–Crippen MR) is 117 cm³/mol. The van der Waals surface area contributed by atoms with Crippen molar-refractivity contribution in [2.45, 2.75) is 46.1 Å². The summed E-state index contributed by atoms with van der Waals surface area (Å²) in [6, 6.07) is 7.67. The minimum absolute atomic E-state index is 0.00972. The Balaban J connectivity index is 2.33. The molecule has 2 rings (SSSR count). The van der Waals surface area contributed by atoms with Crippen LogP contribution in [0.15, 0.2) is 36.4 Å². The third-order valence-electron chi connectivity index (χ3n) is 4.55. The number of anilines is 1. The van der Waals surface area contributed by atoms with Gasteiger partial charge >= 0.3 is 12.1 Å². The van der Waals surface area contributed by atoms with Gasteiger partial charge in [0.2, 0.25) is 10.0 Å². The Labute approximate surface area is 190 Å². The van der Waals surface area contributed by atoms with Crippen LogP contribution in [0.2, 0.25) is 0 Å². The summed E-state index contributed by atoms with van der Waals surface area (Å²) in [5, 5.41) is 10.2. The number of nitrogens with zero attached hydrogens (tertiary/aromatic N) is 1. The molecule has 7 nitrogen and oxygen atoms in total. The Morgan fingerprint density at radius 2 is 1.64 bits per heavy atom. The number of hydrogen-bond acceptors (Lipinski definition) is 6. The van der Waals surface area contributed by atoms with Gasteiger partial charge in [0.15, 0.2) is 0 Å². The minimum atomic E-state index is -4.87. The van der Waals surface area contributed by atoms with Gasteiger partial charge in [-0.15, -0.1) is 0 Å². The summed E-state index contributed by atoms with van der Waals surface area (Å²) in [5.41, 5.74) is -2.62. The molecule has 0 bridgehead atoms. The van der Waals surface area contributed by atoms with Gasteiger partial charge in [0.05, 0.1) is 17.0 Å². The number of sulfonamides is 1. The van der Waals surface area contributed by atoms with Crippen molar-refractivity contribution in [3.63, 3.8) is 0 Å². The van der Waals surface area contributed by atoms with Gasteiger partial charge < -0.3 is 14.6 Å². The van der Waals surface area contributed by atoms with E-state index in [9.17, 15) is 31.5 Å². The largest absolute Gasteiger partial charge is 0.506 e. The predicted octanol–water partition coefficient (Wildman–Crippen LogP) is 4.73. The van der Waals surface area contributed by atoms with Crippen LogP contribution in [0.1, 0.15) is 49.2 Å². The van der Waals surface area contributed by atoms with Crippen LogP contribution in [0.25, 0.3) is 0 Å². The monoisotopic (exact) mass is 489 g/mol. The smallest absolute Gasteiger partial charge is 0.419 e. The molecule has 0 fully saturated rings. The number of ether oxygens (including phenoxy) is 2. The molecular weight excluding hydrogens is 463 g/mol. The number of rotatable bonds is 7. The third kappa shape index (κ3) is 6.53. The highest BCUT2D eigenvalue weighted by atomic mass is 32.2. The van der Waals surface area contributed by atoms with Gasteiger partial charge in [-0.25, -0.2) is 13.2 Å². The molecule has 2 aromatic carbocycles. The quantitative estimate of drug-likeness (QED) is 0.565. The number of hydrogen-bond donors (Lipinski definition) is 1. The van der Waals surface area contributed by atoms with Crippen molar-refractivity contribution >= 4 is 21.7 Å². The number of aromatic hydroxyl groups is 1. The second-order valence-electron chi connectivity index (χ2n) is 8.15. The van der Waals surface area contributed by atoms with Gasteiger partial charge in [0, 0.05) is 12.6 Å². The van der Waals surface area contributed by atoms with Crippen LogP contribution < -0.4 is 9.04 Å². The molecule has 1 N–H and O–H groups in total. The Kier molecular flexibility index (Phi) is 7.57. The Morgan fingerprint density at radius 1 is 1.06 bits per heavy atom. The minimum Gasteiger partial charge on any atom is -0.506 e. The normalized spacial score (nSPS) is 12.4. The van der Waals surface area contributed by atoms with E-state index < -0.39 is 44.6 Å². The summed E-state index contributed by atoms with van der Waals surface area (Å²) < 4.78 is 75.5. The van der Waals surface area contributed by atoms with Crippen molar-refractivity contribution in [1.29, 1.82) is 0 Å². The lowest BCUT2D eigenvalue weighted by atomic mass is 10.0. The van der Waals surface area contributed by atoms with Gasteiger partial charge in [-0.05, 0) is 58.0 Å². The molecule has 0 atom stereocenters. The van der Waals surface area contributed by atoms with E-state index in [1.807, 2.05) is 0 Å². The summed E-state index contributed by atoms with van der Waals surface area (Å²) >= 11 is 0. The number of esters is 1. The van der Waals surface area contributed by atoms with Gasteiger partial charge in [-0.2, -0.15) is 13.2 Å². The van der Waals surface area contributed by atoms with Crippen molar-refractivity contribution in [2.75, 3.05) is 17.1 Å². The first-order valence-corrected chi connectivity index (χ1v) is 11.5. The number of halogens is 3. The number of carbonyl (C=O) groups excluding carboxylic acids is 1. The maximum atomic E-state index is 13.2. The summed E-state index contributed by atoms with van der Waals surface area (Å²) in [6.45, 7) is 5.81. The van der Waals surface area contributed by atoms with Crippen LogP contribution in [0.3, 0.4) is 0 Å². The molecule has 0 heterocycles. The number of phenolic OH excluding ortho intramolecular Hbond substituents is 1. The number of phenols is 1. The third-order valence-corrected chi connectivity index (χ3v) is 6.32. The van der Waals surface area contributed by atoms with Gasteiger partial charge in [0.25, 0.3) is 0 Å². The van der Waals surface area contributed by atoms with E-state index in [2.05, 4.69) is 0 Å². The molecule has 0 unspecified atom stereocenters. The van der Waals surface area contributed by atoms with Crippen molar-refractivity contribution in [3.8, 4) is 11.5 Å². The van der Waals surface area contributed by atoms with E-state index in [1.165, 1.54) is 38.2 Å². The zero-order chi connectivity index (χ0) is 25.2. The highest BCUT2D eigenvalue weighted by molar-refractivity contribution is 7.92. The van der Waals surface area contributed by atoms with Crippen molar-refractivity contribution in [2.24, 2.45) is 0 Å². The zero-order valence-corrected chi connectivity index (χ0v) is 19.7. The van der Waals surface area contributed by atoms with Crippen molar-refractivity contribution < 1.29 is 41.0 Å². The maximum absolute atomic E-state index is 13.2. The molecule has 33 heavy (non-hydrogen) atoms. The van der Waals surface area contributed by atoms with Crippen LogP contribution in [-0.2, 0) is 27.5 Å². The van der Waals surface area contributed by atoms with Gasteiger partial charge in [0.1, 0.15) is 29.3 Å². The van der Waals surface area contributed by atoms with Crippen LogP contribution in [0.5, 0.6) is 11.5 Å². The lowest BCUT2D eigenvalue weighted by Crippen LogP contribution is -2.27. The molecule has 0 aliphatic carbocycles. The van der Waals surface area contributed by atoms with E-state index in [1.54, 1.807) is 20.8 Å². The average molecular weight is 490 g/mol. The summed E-state index contributed by atoms with van der Waals surface area (Å²) in [6.07, 6.45) is -4.87. The second-order valence-corrected chi connectivity index (χ2v) is 10.4. The summed E-state index contributed by atoms with van der Waals surface area (Å²) in [4.78, 5) is 12.6. The van der Waals surface area contributed by atoms with Gasteiger partial charge in [-0.3, -0.25) is 4.31 Å². The highest BCUT2D eigenvalue weighted by Crippen LogP contribution is 2.39. The van der Waals surface area contributed by atoms with Crippen LogP contribution in [0, 0.1) is 0 Å². The molecule has 11 heteroatoms. The van der Waals surface area contributed by atoms with Crippen molar-refractivity contribution in [1.82, 2.24) is 0 Å². The first-order chi connectivity index (χ1) is 15.1. The molecule has 0 aliphatic heterocycles.